The second-order valence-electron chi connectivity index (χ2n) is 2.95. The number of hydrogen-bond acceptors (Lipinski definition) is 2. The molecule has 3 unspecified atom stereocenters. The maximum absolute atomic E-state index is 9.22. The molecular formula is C7H16O3. The van der Waals surface area contributed by atoms with Gasteiger partial charge in [-0.3, -0.25) is 0 Å². The summed E-state index contributed by atoms with van der Waals surface area (Å²) in [5, 5.41) is 9.22. The Balaban J connectivity index is 0.000000810. The average Bonchev–Trinajstić information content (AvgIpc) is 1.80. The lowest BCUT2D eigenvalue weighted by atomic mass is 9.98. The van der Waals surface area contributed by atoms with Gasteiger partial charge in [0.05, 0.1) is 12.2 Å². The molecule has 0 bridgehead atoms. The van der Waals surface area contributed by atoms with Crippen molar-refractivity contribution >= 4 is 0 Å². The van der Waals surface area contributed by atoms with Gasteiger partial charge in [0.1, 0.15) is 0 Å². The maximum Gasteiger partial charge on any atom is 0.0806 e. The molecule has 62 valence electrons. The zero-order valence-electron chi connectivity index (χ0n) is 6.50. The molecule has 1 heterocycles. The zero-order chi connectivity index (χ0) is 6.85. The molecule has 1 saturated heterocycles. The van der Waals surface area contributed by atoms with Gasteiger partial charge in [0.25, 0.3) is 0 Å². The van der Waals surface area contributed by atoms with Crippen LogP contribution in [0.2, 0.25) is 0 Å². The predicted octanol–water partition coefficient (Wildman–Crippen LogP) is -0.0325. The Labute approximate surface area is 61.3 Å². The summed E-state index contributed by atoms with van der Waals surface area (Å²) >= 11 is 0. The topological polar surface area (TPSA) is 61.0 Å². The first-order valence-corrected chi connectivity index (χ1v) is 3.50. The number of ether oxygens (including phenoxy) is 1. The molecule has 1 aliphatic heterocycles. The molecule has 10 heavy (non-hydrogen) atoms. The van der Waals surface area contributed by atoms with Crippen LogP contribution in [0.15, 0.2) is 0 Å². The molecule has 3 N–H and O–H groups in total. The monoisotopic (exact) mass is 148 g/mol. The van der Waals surface area contributed by atoms with Crippen molar-refractivity contribution in [2.24, 2.45) is 5.92 Å². The van der Waals surface area contributed by atoms with Crippen LogP contribution in [0.1, 0.15) is 20.3 Å². The summed E-state index contributed by atoms with van der Waals surface area (Å²) in [7, 11) is 0. The lowest BCUT2D eigenvalue weighted by Crippen LogP contribution is -2.35. The summed E-state index contributed by atoms with van der Waals surface area (Å²) in [6, 6.07) is 0. The van der Waals surface area contributed by atoms with Crippen LogP contribution in [0.5, 0.6) is 0 Å². The highest BCUT2D eigenvalue weighted by Gasteiger charge is 2.23. The van der Waals surface area contributed by atoms with E-state index in [0.29, 0.717) is 5.92 Å². The van der Waals surface area contributed by atoms with Crippen LogP contribution in [0.4, 0.5) is 0 Å². The molecule has 0 aromatic rings. The number of rotatable bonds is 0. The molecule has 0 amide bonds. The van der Waals surface area contributed by atoms with E-state index < -0.39 is 0 Å². The average molecular weight is 148 g/mol. The first kappa shape index (κ1) is 9.88. The normalized spacial score (nSPS) is 40.5. The van der Waals surface area contributed by atoms with Crippen molar-refractivity contribution in [2.75, 3.05) is 6.61 Å². The van der Waals surface area contributed by atoms with E-state index in [1.807, 2.05) is 6.92 Å². The summed E-state index contributed by atoms with van der Waals surface area (Å²) in [5.74, 6) is 0.524. The van der Waals surface area contributed by atoms with Gasteiger partial charge in [-0.05, 0) is 19.3 Å². The highest BCUT2D eigenvalue weighted by Crippen LogP contribution is 2.17. The van der Waals surface area contributed by atoms with Crippen molar-refractivity contribution in [3.05, 3.63) is 0 Å². The third-order valence-corrected chi connectivity index (χ3v) is 1.83. The molecule has 0 spiro atoms. The standard InChI is InChI=1S/C7H14O2.H2O/c1-5-3-7(8)6(2)9-4-5;/h5-8H,3-4H2,1-2H3;1H2. The highest BCUT2D eigenvalue weighted by molar-refractivity contribution is 4.72. The van der Waals surface area contributed by atoms with E-state index in [2.05, 4.69) is 6.92 Å². The SMILES string of the molecule is CC1COC(C)C(O)C1.O. The first-order valence-electron chi connectivity index (χ1n) is 3.50. The molecule has 1 rings (SSSR count). The van der Waals surface area contributed by atoms with Gasteiger partial charge in [-0.25, -0.2) is 0 Å². The van der Waals surface area contributed by atoms with Gasteiger partial charge < -0.3 is 15.3 Å². The van der Waals surface area contributed by atoms with E-state index >= 15 is 0 Å². The quantitative estimate of drug-likeness (QED) is 0.524. The second-order valence-corrected chi connectivity index (χ2v) is 2.95. The van der Waals surface area contributed by atoms with Gasteiger partial charge in [0.2, 0.25) is 0 Å². The van der Waals surface area contributed by atoms with Crippen LogP contribution in [0.3, 0.4) is 0 Å². The molecule has 0 aliphatic carbocycles. The second kappa shape index (κ2) is 3.91. The smallest absolute Gasteiger partial charge is 0.0806 e. The third-order valence-electron chi connectivity index (χ3n) is 1.83. The largest absolute Gasteiger partial charge is 0.412 e. The molecule has 1 fully saturated rings. The van der Waals surface area contributed by atoms with E-state index in [1.165, 1.54) is 0 Å². The summed E-state index contributed by atoms with van der Waals surface area (Å²) in [5.41, 5.74) is 0. The van der Waals surface area contributed by atoms with Gasteiger partial charge in [-0.1, -0.05) is 6.92 Å². The zero-order valence-corrected chi connectivity index (χ0v) is 6.50. The lowest BCUT2D eigenvalue weighted by Gasteiger charge is -2.28. The minimum absolute atomic E-state index is 0. The molecule has 3 atom stereocenters. The highest BCUT2D eigenvalue weighted by atomic mass is 16.5. The predicted molar refractivity (Wildman–Crippen MR) is 38.8 cm³/mol. The van der Waals surface area contributed by atoms with Gasteiger partial charge in [-0.2, -0.15) is 0 Å². The molecular weight excluding hydrogens is 132 g/mol. The van der Waals surface area contributed by atoms with E-state index in [0.717, 1.165) is 13.0 Å². The van der Waals surface area contributed by atoms with Gasteiger partial charge in [0.15, 0.2) is 0 Å². The molecule has 1 aliphatic rings. The van der Waals surface area contributed by atoms with Crippen LogP contribution in [-0.2, 0) is 4.74 Å². The van der Waals surface area contributed by atoms with Crippen molar-refractivity contribution in [1.29, 1.82) is 0 Å². The van der Waals surface area contributed by atoms with Crippen molar-refractivity contribution in [3.63, 3.8) is 0 Å². The van der Waals surface area contributed by atoms with Crippen molar-refractivity contribution < 1.29 is 15.3 Å². The molecule has 3 heteroatoms. The lowest BCUT2D eigenvalue weighted by molar-refractivity contribution is -0.0851. The minimum atomic E-state index is -0.242. The Kier molecular flexibility index (Phi) is 3.86. The van der Waals surface area contributed by atoms with E-state index in [-0.39, 0.29) is 17.7 Å². The van der Waals surface area contributed by atoms with Crippen molar-refractivity contribution in [3.8, 4) is 0 Å². The Morgan fingerprint density at radius 1 is 1.40 bits per heavy atom. The molecule has 0 radical (unpaired) electrons. The fourth-order valence-electron chi connectivity index (χ4n) is 1.10. The van der Waals surface area contributed by atoms with Crippen LogP contribution in [0.25, 0.3) is 0 Å². The van der Waals surface area contributed by atoms with Crippen LogP contribution in [-0.4, -0.2) is 29.4 Å². The van der Waals surface area contributed by atoms with Crippen molar-refractivity contribution in [2.45, 2.75) is 32.5 Å². The van der Waals surface area contributed by atoms with E-state index in [9.17, 15) is 5.11 Å². The number of aliphatic hydroxyl groups excluding tert-OH is 1. The number of aliphatic hydroxyl groups is 1. The fourth-order valence-corrected chi connectivity index (χ4v) is 1.10. The number of hydrogen-bond donors (Lipinski definition) is 1. The van der Waals surface area contributed by atoms with E-state index in [4.69, 9.17) is 4.74 Å². The van der Waals surface area contributed by atoms with Gasteiger partial charge in [-0.15, -0.1) is 0 Å². The van der Waals surface area contributed by atoms with Crippen molar-refractivity contribution in [1.82, 2.24) is 0 Å². The maximum atomic E-state index is 9.22. The van der Waals surface area contributed by atoms with E-state index in [1.54, 1.807) is 0 Å². The molecule has 0 aromatic carbocycles. The van der Waals surface area contributed by atoms with Gasteiger partial charge >= 0.3 is 0 Å². The Morgan fingerprint density at radius 2 is 2.00 bits per heavy atom. The first-order chi connectivity index (χ1) is 4.20. The fraction of sp³-hybridized carbons (Fsp3) is 1.00. The molecule has 0 saturated carbocycles. The Morgan fingerprint density at radius 3 is 2.40 bits per heavy atom. The summed E-state index contributed by atoms with van der Waals surface area (Å²) in [6.07, 6.45) is 0.691. The Bertz CT molecular complexity index is 94.9. The molecule has 0 aromatic heterocycles. The summed E-state index contributed by atoms with van der Waals surface area (Å²) < 4.78 is 5.25. The molecule has 3 nitrogen and oxygen atoms in total. The minimum Gasteiger partial charge on any atom is -0.412 e. The van der Waals surface area contributed by atoms with Gasteiger partial charge in [0, 0.05) is 6.61 Å². The van der Waals surface area contributed by atoms with Crippen LogP contribution >= 0.6 is 0 Å². The van der Waals surface area contributed by atoms with Crippen LogP contribution in [0, 0.1) is 5.92 Å². The Hall–Kier alpha value is -0.120. The summed E-state index contributed by atoms with van der Waals surface area (Å²) in [4.78, 5) is 0. The summed E-state index contributed by atoms with van der Waals surface area (Å²) in [6.45, 7) is 4.81. The third kappa shape index (κ3) is 2.25. The van der Waals surface area contributed by atoms with Crippen LogP contribution < -0.4 is 0 Å².